The Hall–Kier alpha value is -1.97. The Morgan fingerprint density at radius 2 is 1.70 bits per heavy atom. The molecule has 1 N–H and O–H groups in total. The van der Waals surface area contributed by atoms with Crippen molar-refractivity contribution in [2.24, 2.45) is 5.92 Å². The van der Waals surface area contributed by atoms with Gasteiger partial charge in [-0.25, -0.2) is 9.59 Å². The largest absolute Gasteiger partial charge is 0.444 e. The highest BCUT2D eigenvalue weighted by Gasteiger charge is 2.35. The third kappa shape index (κ3) is 6.76. The van der Waals surface area contributed by atoms with Crippen LogP contribution in [0.4, 0.5) is 9.59 Å². The fourth-order valence-electron chi connectivity index (χ4n) is 2.21. The second-order valence-corrected chi connectivity index (χ2v) is 7.70. The Bertz CT molecular complexity index is 485. The van der Waals surface area contributed by atoms with Crippen LogP contribution < -0.4 is 5.32 Å². The Balaban J connectivity index is 2.61. The first-order valence-electron chi connectivity index (χ1n) is 7.78. The van der Waals surface area contributed by atoms with E-state index < -0.39 is 29.3 Å². The first-order valence-corrected chi connectivity index (χ1v) is 7.78. The minimum absolute atomic E-state index is 0.228. The van der Waals surface area contributed by atoms with Gasteiger partial charge in [0.15, 0.2) is 0 Å². The zero-order valence-electron chi connectivity index (χ0n) is 14.8. The summed E-state index contributed by atoms with van der Waals surface area (Å²) in [5, 5.41) is 12.0. The Morgan fingerprint density at radius 1 is 1.13 bits per heavy atom. The number of ether oxygens (including phenoxy) is 2. The molecule has 1 saturated heterocycles. The van der Waals surface area contributed by atoms with Gasteiger partial charge in [-0.1, -0.05) is 0 Å². The van der Waals surface area contributed by atoms with Gasteiger partial charge in [0.25, 0.3) is 0 Å². The number of hydrogen-bond donors (Lipinski definition) is 1. The van der Waals surface area contributed by atoms with Crippen LogP contribution in [0.5, 0.6) is 0 Å². The summed E-state index contributed by atoms with van der Waals surface area (Å²) in [7, 11) is 0. The summed E-state index contributed by atoms with van der Waals surface area (Å²) in [6.45, 7) is 11.4. The average molecular weight is 325 g/mol. The monoisotopic (exact) mass is 325 g/mol. The number of rotatable bonds is 1. The molecule has 23 heavy (non-hydrogen) atoms. The van der Waals surface area contributed by atoms with Gasteiger partial charge in [0.1, 0.15) is 11.2 Å². The number of hydrogen-bond acceptors (Lipinski definition) is 5. The molecule has 1 heterocycles. The van der Waals surface area contributed by atoms with Gasteiger partial charge >= 0.3 is 12.2 Å². The maximum atomic E-state index is 12.1. The second kappa shape index (κ2) is 7.07. The lowest BCUT2D eigenvalue weighted by atomic mass is 9.94. The molecule has 0 aromatic rings. The fraction of sp³-hybridized carbons (Fsp3) is 0.812. The second-order valence-electron chi connectivity index (χ2n) is 7.70. The molecule has 7 nitrogen and oxygen atoms in total. The third-order valence-corrected chi connectivity index (χ3v) is 3.13. The lowest BCUT2D eigenvalue weighted by Crippen LogP contribution is -2.53. The maximum absolute atomic E-state index is 12.1. The quantitative estimate of drug-likeness (QED) is 0.800. The number of likely N-dealkylation sites (tertiary alicyclic amines) is 1. The molecule has 0 radical (unpaired) electrons. The van der Waals surface area contributed by atoms with Crippen LogP contribution in [0.2, 0.25) is 0 Å². The molecule has 2 amide bonds. The van der Waals surface area contributed by atoms with Gasteiger partial charge in [-0.2, -0.15) is 5.26 Å². The molecule has 0 unspecified atom stereocenters. The molecular weight excluding hydrogens is 298 g/mol. The van der Waals surface area contributed by atoms with Crippen LogP contribution in [0.15, 0.2) is 0 Å². The van der Waals surface area contributed by atoms with E-state index in [2.05, 4.69) is 11.4 Å². The van der Waals surface area contributed by atoms with E-state index in [1.54, 1.807) is 41.5 Å². The number of piperidine rings is 1. The van der Waals surface area contributed by atoms with Crippen molar-refractivity contribution in [3.63, 3.8) is 0 Å². The van der Waals surface area contributed by atoms with Crippen molar-refractivity contribution in [3.8, 4) is 6.07 Å². The van der Waals surface area contributed by atoms with Crippen LogP contribution in [0.3, 0.4) is 0 Å². The van der Waals surface area contributed by atoms with Crippen molar-refractivity contribution in [1.82, 2.24) is 10.2 Å². The van der Waals surface area contributed by atoms with Crippen LogP contribution in [-0.2, 0) is 9.47 Å². The van der Waals surface area contributed by atoms with Crippen molar-refractivity contribution in [2.45, 2.75) is 65.2 Å². The van der Waals surface area contributed by atoms with E-state index in [1.807, 2.05) is 0 Å². The first-order chi connectivity index (χ1) is 10.4. The number of nitrogens with one attached hydrogen (secondary N) is 1. The molecule has 0 aromatic carbocycles. The third-order valence-electron chi connectivity index (χ3n) is 3.13. The number of alkyl carbamates (subject to hydrolysis) is 1. The molecule has 0 spiro atoms. The number of nitrogens with zero attached hydrogens (tertiary/aromatic N) is 2. The van der Waals surface area contributed by atoms with E-state index in [9.17, 15) is 14.9 Å². The number of amides is 2. The highest BCUT2D eigenvalue weighted by molar-refractivity contribution is 5.69. The minimum Gasteiger partial charge on any atom is -0.444 e. The lowest BCUT2D eigenvalue weighted by Gasteiger charge is -2.36. The number of carbonyl (C=O) groups excluding carboxylic acids is 2. The average Bonchev–Trinajstić information content (AvgIpc) is 2.34. The fourth-order valence-corrected chi connectivity index (χ4v) is 2.21. The zero-order valence-corrected chi connectivity index (χ0v) is 14.8. The van der Waals surface area contributed by atoms with Gasteiger partial charge in [-0.3, -0.25) is 0 Å². The molecule has 130 valence electrons. The molecular formula is C16H27N3O4. The summed E-state index contributed by atoms with van der Waals surface area (Å²) in [6.07, 6.45) is -0.501. The van der Waals surface area contributed by atoms with Crippen LogP contribution >= 0.6 is 0 Å². The molecule has 7 heteroatoms. The molecule has 0 saturated carbocycles. The smallest absolute Gasteiger partial charge is 0.410 e. The molecule has 2 atom stereocenters. The van der Waals surface area contributed by atoms with Crippen molar-refractivity contribution >= 4 is 12.2 Å². The van der Waals surface area contributed by atoms with Crippen LogP contribution in [-0.4, -0.2) is 47.4 Å². The summed E-state index contributed by atoms with van der Waals surface area (Å²) >= 11 is 0. The summed E-state index contributed by atoms with van der Waals surface area (Å²) in [5.41, 5.74) is -1.17. The maximum Gasteiger partial charge on any atom is 0.410 e. The van der Waals surface area contributed by atoms with Gasteiger partial charge in [-0.05, 0) is 48.0 Å². The van der Waals surface area contributed by atoms with Gasteiger partial charge in [0.05, 0.1) is 18.0 Å². The van der Waals surface area contributed by atoms with Crippen LogP contribution in [0.1, 0.15) is 48.0 Å². The zero-order chi connectivity index (χ0) is 17.8. The Labute approximate surface area is 137 Å². The Morgan fingerprint density at radius 3 is 2.17 bits per heavy atom. The van der Waals surface area contributed by atoms with Gasteiger partial charge in [0.2, 0.25) is 0 Å². The van der Waals surface area contributed by atoms with Gasteiger partial charge in [0, 0.05) is 13.1 Å². The topological polar surface area (TPSA) is 91.7 Å². The molecule has 1 aliphatic rings. The Kier molecular flexibility index (Phi) is 5.86. The highest BCUT2D eigenvalue weighted by Crippen LogP contribution is 2.20. The summed E-state index contributed by atoms with van der Waals surface area (Å²) in [6, 6.07) is 1.81. The van der Waals surface area contributed by atoms with Crippen molar-refractivity contribution in [2.75, 3.05) is 13.1 Å². The predicted molar refractivity (Wildman–Crippen MR) is 84.7 cm³/mol. The van der Waals surface area contributed by atoms with E-state index in [-0.39, 0.29) is 12.6 Å². The van der Waals surface area contributed by atoms with E-state index in [0.29, 0.717) is 13.0 Å². The minimum atomic E-state index is -0.594. The van der Waals surface area contributed by atoms with E-state index >= 15 is 0 Å². The van der Waals surface area contributed by atoms with Gasteiger partial charge < -0.3 is 19.7 Å². The molecule has 0 aliphatic carbocycles. The lowest BCUT2D eigenvalue weighted by molar-refractivity contribution is 0.0151. The molecule has 1 aliphatic heterocycles. The normalized spacial score (nSPS) is 22.0. The van der Waals surface area contributed by atoms with E-state index in [4.69, 9.17) is 9.47 Å². The first kappa shape index (κ1) is 19.1. The van der Waals surface area contributed by atoms with Crippen molar-refractivity contribution in [3.05, 3.63) is 0 Å². The highest BCUT2D eigenvalue weighted by atomic mass is 16.6. The van der Waals surface area contributed by atoms with Crippen molar-refractivity contribution in [1.29, 1.82) is 5.26 Å². The summed E-state index contributed by atoms with van der Waals surface area (Å²) in [5.74, 6) is -0.496. The summed E-state index contributed by atoms with van der Waals surface area (Å²) < 4.78 is 10.5. The van der Waals surface area contributed by atoms with Crippen LogP contribution in [0.25, 0.3) is 0 Å². The van der Waals surface area contributed by atoms with Crippen molar-refractivity contribution < 1.29 is 19.1 Å². The standard InChI is InChI=1S/C16H27N3O4/c1-15(2,3)22-13(20)18-12-7-8-19(10-11(12)9-17)14(21)23-16(4,5)6/h11-12H,7-8,10H2,1-6H3,(H,18,20)/t11-,12+/m0/s1. The van der Waals surface area contributed by atoms with E-state index in [1.165, 1.54) is 4.90 Å². The molecule has 1 fully saturated rings. The molecule has 1 rings (SSSR count). The molecule has 0 aromatic heterocycles. The van der Waals surface area contributed by atoms with E-state index in [0.717, 1.165) is 0 Å². The number of carbonyl (C=O) groups is 2. The summed E-state index contributed by atoms with van der Waals surface area (Å²) in [4.78, 5) is 25.4. The van der Waals surface area contributed by atoms with Gasteiger partial charge in [-0.15, -0.1) is 0 Å². The SMILES string of the molecule is CC(C)(C)OC(=O)N[C@@H]1CCN(C(=O)OC(C)(C)C)C[C@@H]1C#N. The number of nitriles is 1. The predicted octanol–water partition coefficient (Wildman–Crippen LogP) is 2.66. The van der Waals surface area contributed by atoms with Crippen LogP contribution in [0, 0.1) is 17.2 Å². The molecule has 0 bridgehead atoms.